The molecule has 2 aromatic rings. The number of fused-ring (bicyclic) bond motifs is 1. The van der Waals surface area contributed by atoms with Gasteiger partial charge in [-0.15, -0.1) is 0 Å². The Hall–Kier alpha value is -1.73. The van der Waals surface area contributed by atoms with E-state index in [2.05, 4.69) is 19.9 Å². The normalized spacial score (nSPS) is 16.2. The van der Waals surface area contributed by atoms with Crippen LogP contribution in [0.3, 0.4) is 0 Å². The summed E-state index contributed by atoms with van der Waals surface area (Å²) in [6.07, 6.45) is 4.28. The van der Waals surface area contributed by atoms with Crippen LogP contribution in [0.15, 0.2) is 23.1 Å². The summed E-state index contributed by atoms with van der Waals surface area (Å²) < 4.78 is 28.4. The van der Waals surface area contributed by atoms with Crippen LogP contribution < -0.4 is 4.72 Å². The molecule has 1 aliphatic rings. The third-order valence-corrected chi connectivity index (χ3v) is 5.91. The maximum absolute atomic E-state index is 12.8. The smallest absolute Gasteiger partial charge is 0.241 e. The summed E-state index contributed by atoms with van der Waals surface area (Å²) in [7, 11) is -3.62. The quantitative estimate of drug-likeness (QED) is 0.869. The lowest BCUT2D eigenvalue weighted by atomic mass is 9.92. The fraction of sp³-hybridized carbons (Fsp3) is 0.529. The topological polar surface area (TPSA) is 87.7 Å². The molecule has 7 heteroatoms. The number of hydrogen-bond acceptors (Lipinski definition) is 4. The average Bonchev–Trinajstić information content (AvgIpc) is 2.98. The Morgan fingerprint density at radius 1 is 1.17 bits per heavy atom. The Bertz CT molecular complexity index is 827. The van der Waals surface area contributed by atoms with Crippen molar-refractivity contribution in [2.45, 2.75) is 57.4 Å². The molecule has 3 rings (SSSR count). The molecular weight excluding hydrogens is 324 g/mol. The van der Waals surface area contributed by atoms with E-state index in [9.17, 15) is 8.42 Å². The van der Waals surface area contributed by atoms with Gasteiger partial charge in [0.1, 0.15) is 5.82 Å². The molecule has 0 aliphatic heterocycles. The zero-order chi connectivity index (χ0) is 17.3. The van der Waals surface area contributed by atoms with E-state index >= 15 is 0 Å². The first-order chi connectivity index (χ1) is 11.4. The van der Waals surface area contributed by atoms with Crippen LogP contribution >= 0.6 is 0 Å². The molecule has 0 saturated carbocycles. The third-order valence-electron chi connectivity index (χ3n) is 4.47. The molecular formula is C17H24N4O2S. The van der Waals surface area contributed by atoms with E-state index in [1.165, 1.54) is 12.0 Å². The second kappa shape index (κ2) is 6.64. The van der Waals surface area contributed by atoms with Crippen LogP contribution in [0.25, 0.3) is 0 Å². The van der Waals surface area contributed by atoms with Crippen LogP contribution in [0.2, 0.25) is 0 Å². The van der Waals surface area contributed by atoms with Crippen molar-refractivity contribution in [3.8, 4) is 0 Å². The lowest BCUT2D eigenvalue weighted by molar-refractivity contribution is 0.445. The number of H-pyrrole nitrogens is 1. The molecule has 2 N–H and O–H groups in total. The zero-order valence-electron chi connectivity index (χ0n) is 14.3. The standard InChI is InChI=1S/C17H24N4O2S/c1-11(2)16(17-18-12(3)19-20-17)21-24(22,23)15-9-8-13-6-4-5-7-14(13)10-15/h8-11,16,21H,4-7H2,1-3H3,(H,18,19,20)/t16-/m0/s1. The largest absolute Gasteiger partial charge is 0.263 e. The molecule has 0 saturated heterocycles. The number of aryl methyl sites for hydroxylation is 3. The van der Waals surface area contributed by atoms with Crippen molar-refractivity contribution in [2.75, 3.05) is 0 Å². The molecule has 24 heavy (non-hydrogen) atoms. The van der Waals surface area contributed by atoms with Crippen LogP contribution in [0.1, 0.15) is 55.5 Å². The van der Waals surface area contributed by atoms with Gasteiger partial charge in [0.15, 0.2) is 5.82 Å². The van der Waals surface area contributed by atoms with Gasteiger partial charge >= 0.3 is 0 Å². The van der Waals surface area contributed by atoms with Gasteiger partial charge in [-0.25, -0.2) is 18.1 Å². The summed E-state index contributed by atoms with van der Waals surface area (Å²) in [6.45, 7) is 5.70. The number of nitrogens with one attached hydrogen (secondary N) is 2. The third kappa shape index (κ3) is 3.52. The number of rotatable bonds is 5. The van der Waals surface area contributed by atoms with Gasteiger partial charge in [-0.3, -0.25) is 5.10 Å². The van der Waals surface area contributed by atoms with Gasteiger partial charge < -0.3 is 0 Å². The zero-order valence-corrected chi connectivity index (χ0v) is 15.2. The maximum Gasteiger partial charge on any atom is 0.241 e. The molecule has 0 fully saturated rings. The van der Waals surface area contributed by atoms with Gasteiger partial charge in [-0.1, -0.05) is 19.9 Å². The monoisotopic (exact) mass is 348 g/mol. The molecule has 0 spiro atoms. The summed E-state index contributed by atoms with van der Waals surface area (Å²) in [5, 5.41) is 6.90. The average molecular weight is 348 g/mol. The number of aromatic amines is 1. The Kier molecular flexibility index (Phi) is 4.73. The SMILES string of the molecule is Cc1nc([C@@H](NS(=O)(=O)c2ccc3c(c2)CCCC3)C(C)C)n[nH]1. The highest BCUT2D eigenvalue weighted by atomic mass is 32.2. The summed E-state index contributed by atoms with van der Waals surface area (Å²) in [5.41, 5.74) is 2.42. The van der Waals surface area contributed by atoms with E-state index in [0.717, 1.165) is 24.8 Å². The molecule has 6 nitrogen and oxygen atoms in total. The molecule has 0 amide bonds. The van der Waals surface area contributed by atoms with Crippen molar-refractivity contribution >= 4 is 10.0 Å². The van der Waals surface area contributed by atoms with Crippen molar-refractivity contribution in [3.63, 3.8) is 0 Å². The Labute approximate surface area is 143 Å². The van der Waals surface area contributed by atoms with Crippen molar-refractivity contribution in [1.29, 1.82) is 0 Å². The fourth-order valence-corrected chi connectivity index (χ4v) is 4.49. The van der Waals surface area contributed by atoms with Crippen LogP contribution in [0.4, 0.5) is 0 Å². The number of benzene rings is 1. The van der Waals surface area contributed by atoms with E-state index in [-0.39, 0.29) is 5.92 Å². The van der Waals surface area contributed by atoms with Gasteiger partial charge in [-0.2, -0.15) is 5.10 Å². The number of sulfonamides is 1. The summed E-state index contributed by atoms with van der Waals surface area (Å²) in [6, 6.07) is 5.01. The van der Waals surface area contributed by atoms with E-state index in [4.69, 9.17) is 0 Å². The summed E-state index contributed by atoms with van der Waals surface area (Å²) in [4.78, 5) is 4.61. The molecule has 1 aliphatic carbocycles. The number of aromatic nitrogens is 3. The predicted octanol–water partition coefficient (Wildman–Crippen LogP) is 2.67. The molecule has 1 heterocycles. The lowest BCUT2D eigenvalue weighted by Gasteiger charge is -2.21. The van der Waals surface area contributed by atoms with E-state index in [1.54, 1.807) is 13.0 Å². The van der Waals surface area contributed by atoms with Gasteiger partial charge in [0.2, 0.25) is 10.0 Å². The fourth-order valence-electron chi connectivity index (χ4n) is 3.10. The molecule has 1 atom stereocenters. The first-order valence-corrected chi connectivity index (χ1v) is 9.88. The number of nitrogens with zero attached hydrogens (tertiary/aromatic N) is 2. The van der Waals surface area contributed by atoms with Crippen LogP contribution in [0.5, 0.6) is 0 Å². The summed E-state index contributed by atoms with van der Waals surface area (Å²) >= 11 is 0. The second-order valence-electron chi connectivity index (χ2n) is 6.76. The molecule has 1 aromatic carbocycles. The Balaban J connectivity index is 1.89. The van der Waals surface area contributed by atoms with E-state index < -0.39 is 16.1 Å². The highest BCUT2D eigenvalue weighted by molar-refractivity contribution is 7.89. The Morgan fingerprint density at radius 3 is 2.50 bits per heavy atom. The Morgan fingerprint density at radius 2 is 1.88 bits per heavy atom. The van der Waals surface area contributed by atoms with Crippen LogP contribution in [-0.4, -0.2) is 23.6 Å². The highest BCUT2D eigenvalue weighted by Crippen LogP contribution is 2.26. The van der Waals surface area contributed by atoms with Crippen molar-refractivity contribution in [1.82, 2.24) is 19.9 Å². The van der Waals surface area contributed by atoms with Crippen LogP contribution in [-0.2, 0) is 22.9 Å². The predicted molar refractivity (Wildman–Crippen MR) is 92.1 cm³/mol. The lowest BCUT2D eigenvalue weighted by Crippen LogP contribution is -2.32. The molecule has 130 valence electrons. The minimum atomic E-state index is -3.62. The minimum absolute atomic E-state index is 0.0348. The van der Waals surface area contributed by atoms with Gasteiger partial charge in [0.25, 0.3) is 0 Å². The molecule has 0 bridgehead atoms. The van der Waals surface area contributed by atoms with Gasteiger partial charge in [0.05, 0.1) is 10.9 Å². The first-order valence-electron chi connectivity index (χ1n) is 8.40. The first kappa shape index (κ1) is 17.1. The molecule has 0 radical (unpaired) electrons. The summed E-state index contributed by atoms with van der Waals surface area (Å²) in [5.74, 6) is 1.18. The van der Waals surface area contributed by atoms with Crippen molar-refractivity contribution < 1.29 is 8.42 Å². The second-order valence-corrected chi connectivity index (χ2v) is 8.47. The van der Waals surface area contributed by atoms with Crippen LogP contribution in [0, 0.1) is 12.8 Å². The minimum Gasteiger partial charge on any atom is -0.263 e. The maximum atomic E-state index is 12.8. The molecule has 0 unspecified atom stereocenters. The highest BCUT2D eigenvalue weighted by Gasteiger charge is 2.27. The van der Waals surface area contributed by atoms with Crippen molar-refractivity contribution in [3.05, 3.63) is 41.0 Å². The van der Waals surface area contributed by atoms with E-state index in [1.807, 2.05) is 26.0 Å². The molecule has 1 aromatic heterocycles. The van der Waals surface area contributed by atoms with Crippen molar-refractivity contribution in [2.24, 2.45) is 5.92 Å². The number of hydrogen-bond donors (Lipinski definition) is 2. The van der Waals surface area contributed by atoms with Gasteiger partial charge in [0, 0.05) is 0 Å². The van der Waals surface area contributed by atoms with Gasteiger partial charge in [-0.05, 0) is 61.8 Å². The van der Waals surface area contributed by atoms with E-state index in [0.29, 0.717) is 16.5 Å².